The van der Waals surface area contributed by atoms with Gasteiger partial charge < -0.3 is 28.4 Å². The number of rotatable bonds is 10. The molecule has 3 aromatic rings. The summed E-state index contributed by atoms with van der Waals surface area (Å²) in [5.41, 5.74) is 1.24. The van der Waals surface area contributed by atoms with E-state index in [1.54, 1.807) is 0 Å². The summed E-state index contributed by atoms with van der Waals surface area (Å²) in [7, 11) is 0. The minimum absolute atomic E-state index is 0.237. The van der Waals surface area contributed by atoms with E-state index in [9.17, 15) is 19.2 Å². The summed E-state index contributed by atoms with van der Waals surface area (Å²) in [6.45, 7) is 4.40. The van der Waals surface area contributed by atoms with Gasteiger partial charge in [0.2, 0.25) is 12.4 Å². The van der Waals surface area contributed by atoms with E-state index in [1.165, 1.54) is 6.92 Å². The fraction of sp³-hybridized carbons (Fsp3) is 0.333. The summed E-state index contributed by atoms with van der Waals surface area (Å²) < 4.78 is 34.9. The molecule has 10 heteroatoms. The Bertz CT molecular complexity index is 1300. The second kappa shape index (κ2) is 14.1. The van der Waals surface area contributed by atoms with Gasteiger partial charge in [-0.15, -0.1) is 0 Å². The molecule has 0 spiro atoms. The molecule has 5 atom stereocenters. The van der Waals surface area contributed by atoms with Gasteiger partial charge in [0, 0.05) is 27.7 Å². The number of esters is 4. The maximum atomic E-state index is 12.3. The van der Waals surface area contributed by atoms with Crippen LogP contribution in [0.15, 0.2) is 91.0 Å². The van der Waals surface area contributed by atoms with Gasteiger partial charge in [0.25, 0.3) is 0 Å². The predicted molar refractivity (Wildman–Crippen MR) is 152 cm³/mol. The van der Waals surface area contributed by atoms with Crippen LogP contribution in [0.3, 0.4) is 0 Å². The predicted octanol–water partition coefficient (Wildman–Crippen LogP) is 4.08. The third-order valence-corrected chi connectivity index (χ3v) is 6.78. The van der Waals surface area contributed by atoms with E-state index in [-0.39, 0.29) is 6.61 Å². The third kappa shape index (κ3) is 7.46. The first-order chi connectivity index (χ1) is 20.6. The fourth-order valence-corrected chi connectivity index (χ4v) is 5.22. The quantitative estimate of drug-likeness (QED) is 0.194. The molecular formula is C33H34O10. The average Bonchev–Trinajstić information content (AvgIpc) is 2.97. The van der Waals surface area contributed by atoms with Crippen LogP contribution in [-0.2, 0) is 53.2 Å². The second-order valence-corrected chi connectivity index (χ2v) is 9.96. The fourth-order valence-electron chi connectivity index (χ4n) is 5.22. The van der Waals surface area contributed by atoms with Crippen LogP contribution in [-0.4, -0.2) is 61.2 Å². The van der Waals surface area contributed by atoms with Crippen molar-refractivity contribution in [2.45, 2.75) is 64.0 Å². The van der Waals surface area contributed by atoms with Crippen molar-refractivity contribution in [1.29, 1.82) is 0 Å². The smallest absolute Gasteiger partial charge is 0.305 e. The maximum absolute atomic E-state index is 12.3. The SMILES string of the molecule is CC(=O)O[C@H]1O[C@H](COC(c2ccccc2)(c2ccccc2)c2ccccc2)[C@@H](OC(C)=O)[C@@H](OC(C)=O)[C@H]1OC(C)=O. The van der Waals surface area contributed by atoms with E-state index >= 15 is 0 Å². The summed E-state index contributed by atoms with van der Waals surface area (Å²) >= 11 is 0. The zero-order valence-electron chi connectivity index (χ0n) is 24.3. The summed E-state index contributed by atoms with van der Waals surface area (Å²) in [6, 6.07) is 28.7. The molecule has 3 aromatic carbocycles. The van der Waals surface area contributed by atoms with Crippen molar-refractivity contribution in [3.05, 3.63) is 108 Å². The maximum Gasteiger partial charge on any atom is 0.305 e. The zero-order chi connectivity index (χ0) is 31.0. The summed E-state index contributed by atoms with van der Waals surface area (Å²) in [4.78, 5) is 48.6. The van der Waals surface area contributed by atoms with Crippen molar-refractivity contribution in [2.24, 2.45) is 0 Å². The topological polar surface area (TPSA) is 124 Å². The monoisotopic (exact) mass is 590 g/mol. The van der Waals surface area contributed by atoms with Crippen LogP contribution in [0.1, 0.15) is 44.4 Å². The lowest BCUT2D eigenvalue weighted by Crippen LogP contribution is -2.63. The summed E-state index contributed by atoms with van der Waals surface area (Å²) in [5, 5.41) is 0. The molecule has 0 aromatic heterocycles. The molecular weight excluding hydrogens is 556 g/mol. The molecule has 4 rings (SSSR count). The van der Waals surface area contributed by atoms with Crippen LogP contribution in [0.2, 0.25) is 0 Å². The highest BCUT2D eigenvalue weighted by Crippen LogP contribution is 2.41. The third-order valence-electron chi connectivity index (χ3n) is 6.78. The van der Waals surface area contributed by atoms with Crippen molar-refractivity contribution in [2.75, 3.05) is 6.61 Å². The van der Waals surface area contributed by atoms with Crippen molar-refractivity contribution < 1.29 is 47.6 Å². The molecule has 1 fully saturated rings. The molecule has 0 amide bonds. The Morgan fingerprint density at radius 2 is 0.930 bits per heavy atom. The summed E-state index contributed by atoms with van der Waals surface area (Å²) in [5.74, 6) is -2.93. The van der Waals surface area contributed by atoms with Gasteiger partial charge in [-0.3, -0.25) is 19.2 Å². The molecule has 10 nitrogen and oxygen atoms in total. The molecule has 226 valence electrons. The van der Waals surface area contributed by atoms with Gasteiger partial charge in [-0.25, -0.2) is 0 Å². The van der Waals surface area contributed by atoms with E-state index in [0.717, 1.165) is 37.5 Å². The molecule has 0 radical (unpaired) electrons. The Morgan fingerprint density at radius 1 is 0.558 bits per heavy atom. The van der Waals surface area contributed by atoms with Crippen LogP contribution in [0.4, 0.5) is 0 Å². The highest BCUT2D eigenvalue weighted by atomic mass is 16.7. The first-order valence-corrected chi connectivity index (χ1v) is 13.8. The van der Waals surface area contributed by atoms with Crippen LogP contribution >= 0.6 is 0 Å². The highest BCUT2D eigenvalue weighted by Gasteiger charge is 2.54. The number of ether oxygens (including phenoxy) is 6. The van der Waals surface area contributed by atoms with Crippen molar-refractivity contribution >= 4 is 23.9 Å². The number of benzene rings is 3. The Morgan fingerprint density at radius 3 is 1.33 bits per heavy atom. The first kappa shape index (κ1) is 31.4. The molecule has 0 aliphatic carbocycles. The number of carbonyl (C=O) groups excluding carboxylic acids is 4. The van der Waals surface area contributed by atoms with E-state index < -0.39 is 60.2 Å². The lowest BCUT2D eigenvalue weighted by molar-refractivity contribution is -0.303. The van der Waals surface area contributed by atoms with Crippen molar-refractivity contribution in [3.63, 3.8) is 0 Å². The van der Waals surface area contributed by atoms with Crippen LogP contribution < -0.4 is 0 Å². The van der Waals surface area contributed by atoms with E-state index in [2.05, 4.69) is 0 Å². The summed E-state index contributed by atoms with van der Waals surface area (Å²) in [6.07, 6.45) is -6.73. The molecule has 0 saturated carbocycles. The van der Waals surface area contributed by atoms with Gasteiger partial charge in [0.05, 0.1) is 6.61 Å². The minimum atomic E-state index is -1.49. The Hall–Kier alpha value is -4.54. The molecule has 0 unspecified atom stereocenters. The molecule has 1 heterocycles. The van der Waals surface area contributed by atoms with Crippen LogP contribution in [0.25, 0.3) is 0 Å². The van der Waals surface area contributed by atoms with E-state index in [4.69, 9.17) is 28.4 Å². The van der Waals surface area contributed by atoms with Gasteiger partial charge >= 0.3 is 23.9 Å². The Labute approximate surface area is 249 Å². The first-order valence-electron chi connectivity index (χ1n) is 13.8. The standard InChI is InChI=1S/C33H34O10/c1-21(34)39-29-28(43-32(42-24(4)37)31(41-23(3)36)30(29)40-22(2)35)20-38-33(25-14-8-5-9-15-25,26-16-10-6-11-17-26)27-18-12-7-13-19-27/h5-19,28-32H,20H2,1-4H3/t28-,29-,30-,31-,32+/m1/s1. The van der Waals surface area contributed by atoms with Crippen LogP contribution in [0.5, 0.6) is 0 Å². The van der Waals surface area contributed by atoms with E-state index in [1.807, 2.05) is 91.0 Å². The van der Waals surface area contributed by atoms with Gasteiger partial charge in [-0.05, 0) is 16.7 Å². The van der Waals surface area contributed by atoms with Crippen molar-refractivity contribution in [1.82, 2.24) is 0 Å². The average molecular weight is 591 g/mol. The second-order valence-electron chi connectivity index (χ2n) is 9.96. The van der Waals surface area contributed by atoms with Crippen LogP contribution in [0, 0.1) is 0 Å². The van der Waals surface area contributed by atoms with Gasteiger partial charge in [0.1, 0.15) is 11.7 Å². The van der Waals surface area contributed by atoms with Crippen molar-refractivity contribution in [3.8, 4) is 0 Å². The highest BCUT2D eigenvalue weighted by molar-refractivity contribution is 5.69. The molecule has 0 N–H and O–H groups in total. The van der Waals surface area contributed by atoms with Gasteiger partial charge in [0.15, 0.2) is 12.2 Å². The molecule has 43 heavy (non-hydrogen) atoms. The van der Waals surface area contributed by atoms with E-state index in [0.29, 0.717) is 0 Å². The molecule has 1 aliphatic rings. The van der Waals surface area contributed by atoms with Gasteiger partial charge in [-0.1, -0.05) is 91.0 Å². The number of hydrogen-bond acceptors (Lipinski definition) is 10. The Kier molecular flexibility index (Phi) is 10.3. The molecule has 1 saturated heterocycles. The number of hydrogen-bond donors (Lipinski definition) is 0. The Balaban J connectivity index is 1.83. The molecule has 0 bridgehead atoms. The normalized spacial score (nSPS) is 21.7. The van der Waals surface area contributed by atoms with Gasteiger partial charge in [-0.2, -0.15) is 0 Å². The number of carbonyl (C=O) groups is 4. The lowest BCUT2D eigenvalue weighted by atomic mass is 9.80. The largest absolute Gasteiger partial charge is 0.456 e. The zero-order valence-corrected chi connectivity index (χ0v) is 24.3. The minimum Gasteiger partial charge on any atom is -0.456 e. The lowest BCUT2D eigenvalue weighted by Gasteiger charge is -2.45. The molecule has 1 aliphatic heterocycles.